The molecular formula is C18H26N2. The van der Waals surface area contributed by atoms with Crippen LogP contribution in [0.4, 0.5) is 0 Å². The number of rotatable bonds is 5. The molecule has 20 heavy (non-hydrogen) atoms. The van der Waals surface area contributed by atoms with Crippen molar-refractivity contribution in [3.63, 3.8) is 0 Å². The molecular weight excluding hydrogens is 244 g/mol. The summed E-state index contributed by atoms with van der Waals surface area (Å²) in [6, 6.07) is 10.5. The quantitative estimate of drug-likeness (QED) is 0.859. The van der Waals surface area contributed by atoms with E-state index in [0.717, 1.165) is 23.9 Å². The number of nitriles is 1. The highest BCUT2D eigenvalue weighted by Gasteiger charge is 2.20. The summed E-state index contributed by atoms with van der Waals surface area (Å²) in [4.78, 5) is 0. The molecule has 1 fully saturated rings. The smallest absolute Gasteiger partial charge is 0.0991 e. The van der Waals surface area contributed by atoms with E-state index < -0.39 is 0 Å². The van der Waals surface area contributed by atoms with Crippen molar-refractivity contribution in [1.82, 2.24) is 5.32 Å². The molecule has 0 spiro atoms. The monoisotopic (exact) mass is 270 g/mol. The van der Waals surface area contributed by atoms with E-state index in [0.29, 0.717) is 6.04 Å². The fourth-order valence-electron chi connectivity index (χ4n) is 3.15. The van der Waals surface area contributed by atoms with Crippen molar-refractivity contribution in [2.75, 3.05) is 6.54 Å². The number of benzene rings is 1. The van der Waals surface area contributed by atoms with Crippen LogP contribution >= 0.6 is 0 Å². The third-order valence-corrected chi connectivity index (χ3v) is 4.80. The summed E-state index contributed by atoms with van der Waals surface area (Å²) < 4.78 is 0. The Bertz CT molecular complexity index is 435. The Balaban J connectivity index is 1.77. The third kappa shape index (κ3) is 4.08. The predicted octanol–water partition coefficient (Wildman–Crippen LogP) is 4.43. The van der Waals surface area contributed by atoms with Crippen LogP contribution < -0.4 is 5.32 Å². The summed E-state index contributed by atoms with van der Waals surface area (Å²) in [7, 11) is 0. The molecule has 2 rings (SSSR count). The van der Waals surface area contributed by atoms with Crippen LogP contribution in [-0.4, -0.2) is 6.54 Å². The molecule has 1 atom stereocenters. The lowest BCUT2D eigenvalue weighted by Gasteiger charge is -2.29. The Morgan fingerprint density at radius 1 is 1.15 bits per heavy atom. The molecule has 2 heteroatoms. The van der Waals surface area contributed by atoms with Crippen molar-refractivity contribution in [2.45, 2.75) is 52.0 Å². The number of nitrogens with one attached hydrogen (secondary N) is 1. The molecule has 0 aromatic heterocycles. The van der Waals surface area contributed by atoms with Gasteiger partial charge in [-0.05, 0) is 55.8 Å². The van der Waals surface area contributed by atoms with E-state index in [1.165, 1.54) is 37.7 Å². The van der Waals surface area contributed by atoms with Crippen molar-refractivity contribution in [3.05, 3.63) is 35.4 Å². The van der Waals surface area contributed by atoms with Gasteiger partial charge in [-0.1, -0.05) is 38.3 Å². The van der Waals surface area contributed by atoms with Crippen molar-refractivity contribution in [3.8, 4) is 6.07 Å². The van der Waals surface area contributed by atoms with Crippen molar-refractivity contribution in [2.24, 2.45) is 11.8 Å². The SMILES string of the molecule is CCC1CCC(CNC(C)c2ccc(C#N)cc2)CC1. The molecule has 1 unspecified atom stereocenters. The van der Waals surface area contributed by atoms with Crippen LogP contribution in [-0.2, 0) is 0 Å². The van der Waals surface area contributed by atoms with Gasteiger partial charge in [-0.2, -0.15) is 5.26 Å². The van der Waals surface area contributed by atoms with Crippen LogP contribution in [0.15, 0.2) is 24.3 Å². The average molecular weight is 270 g/mol. The van der Waals surface area contributed by atoms with Gasteiger partial charge in [0.2, 0.25) is 0 Å². The van der Waals surface area contributed by atoms with E-state index in [-0.39, 0.29) is 0 Å². The lowest BCUT2D eigenvalue weighted by molar-refractivity contribution is 0.258. The Hall–Kier alpha value is -1.33. The standard InChI is InChI=1S/C18H26N2/c1-3-15-4-6-17(7-5-15)13-20-14(2)18-10-8-16(12-19)9-11-18/h8-11,14-15,17,20H,3-7,13H2,1-2H3. The molecule has 1 saturated carbocycles. The van der Waals surface area contributed by atoms with Gasteiger partial charge in [0, 0.05) is 6.04 Å². The topological polar surface area (TPSA) is 35.8 Å². The summed E-state index contributed by atoms with van der Waals surface area (Å²) in [6.45, 7) is 5.65. The average Bonchev–Trinajstić information content (AvgIpc) is 2.53. The van der Waals surface area contributed by atoms with Crippen LogP contribution in [0.3, 0.4) is 0 Å². The summed E-state index contributed by atoms with van der Waals surface area (Å²) in [6.07, 6.45) is 6.93. The zero-order chi connectivity index (χ0) is 14.4. The van der Waals surface area contributed by atoms with Crippen LogP contribution in [0, 0.1) is 23.2 Å². The largest absolute Gasteiger partial charge is 0.310 e. The molecule has 0 saturated heterocycles. The predicted molar refractivity (Wildman–Crippen MR) is 83.3 cm³/mol. The van der Waals surface area contributed by atoms with Crippen molar-refractivity contribution in [1.29, 1.82) is 5.26 Å². The second kappa shape index (κ2) is 7.45. The summed E-state index contributed by atoms with van der Waals surface area (Å²) in [5.41, 5.74) is 2.00. The molecule has 2 nitrogen and oxygen atoms in total. The van der Waals surface area contributed by atoms with Gasteiger partial charge in [0.1, 0.15) is 0 Å². The first-order valence-electron chi connectivity index (χ1n) is 7.96. The minimum atomic E-state index is 0.367. The molecule has 108 valence electrons. The zero-order valence-electron chi connectivity index (χ0n) is 12.7. The van der Waals surface area contributed by atoms with Crippen LogP contribution in [0.1, 0.15) is 63.1 Å². The highest BCUT2D eigenvalue weighted by atomic mass is 14.9. The van der Waals surface area contributed by atoms with Crippen molar-refractivity contribution >= 4 is 0 Å². The van der Waals surface area contributed by atoms with Gasteiger partial charge in [-0.15, -0.1) is 0 Å². The van der Waals surface area contributed by atoms with Gasteiger partial charge in [0.25, 0.3) is 0 Å². The summed E-state index contributed by atoms with van der Waals surface area (Å²) in [5.74, 6) is 1.82. The maximum atomic E-state index is 8.82. The lowest BCUT2D eigenvalue weighted by Crippen LogP contribution is -2.28. The number of hydrogen-bond donors (Lipinski definition) is 1. The van der Waals surface area contributed by atoms with E-state index >= 15 is 0 Å². The molecule has 0 radical (unpaired) electrons. The molecule has 1 aliphatic carbocycles. The van der Waals surface area contributed by atoms with Crippen molar-refractivity contribution < 1.29 is 0 Å². The molecule has 0 amide bonds. The second-order valence-electron chi connectivity index (χ2n) is 6.16. The van der Waals surface area contributed by atoms with Crippen LogP contribution in [0.2, 0.25) is 0 Å². The van der Waals surface area contributed by atoms with Gasteiger partial charge < -0.3 is 5.32 Å². The minimum Gasteiger partial charge on any atom is -0.310 e. The molecule has 1 aromatic rings. The maximum Gasteiger partial charge on any atom is 0.0991 e. The molecule has 0 heterocycles. The number of nitrogens with zero attached hydrogens (tertiary/aromatic N) is 1. The van der Waals surface area contributed by atoms with Crippen LogP contribution in [0.25, 0.3) is 0 Å². The molecule has 1 aromatic carbocycles. The molecule has 1 N–H and O–H groups in total. The van der Waals surface area contributed by atoms with E-state index in [2.05, 4.69) is 37.4 Å². The normalized spacial score (nSPS) is 24.1. The lowest BCUT2D eigenvalue weighted by atomic mass is 9.81. The Labute approximate surface area is 123 Å². The number of hydrogen-bond acceptors (Lipinski definition) is 2. The molecule has 0 aliphatic heterocycles. The Morgan fingerprint density at radius 2 is 1.75 bits per heavy atom. The third-order valence-electron chi connectivity index (χ3n) is 4.80. The van der Waals surface area contributed by atoms with Gasteiger partial charge in [-0.25, -0.2) is 0 Å². The maximum absolute atomic E-state index is 8.82. The highest BCUT2D eigenvalue weighted by Crippen LogP contribution is 2.30. The van der Waals surface area contributed by atoms with E-state index in [9.17, 15) is 0 Å². The van der Waals surface area contributed by atoms with Gasteiger partial charge in [0.05, 0.1) is 11.6 Å². The first kappa shape index (κ1) is 15.1. The van der Waals surface area contributed by atoms with E-state index in [1.807, 2.05) is 12.1 Å². The summed E-state index contributed by atoms with van der Waals surface area (Å²) in [5, 5.41) is 12.5. The first-order valence-corrected chi connectivity index (χ1v) is 7.96. The Kier molecular flexibility index (Phi) is 5.61. The first-order chi connectivity index (χ1) is 9.72. The highest BCUT2D eigenvalue weighted by molar-refractivity contribution is 5.32. The summed E-state index contributed by atoms with van der Waals surface area (Å²) >= 11 is 0. The van der Waals surface area contributed by atoms with Gasteiger partial charge in [-0.3, -0.25) is 0 Å². The van der Waals surface area contributed by atoms with Gasteiger partial charge in [0.15, 0.2) is 0 Å². The van der Waals surface area contributed by atoms with Crippen LogP contribution in [0.5, 0.6) is 0 Å². The molecule has 0 bridgehead atoms. The molecule has 1 aliphatic rings. The zero-order valence-corrected chi connectivity index (χ0v) is 12.7. The van der Waals surface area contributed by atoms with E-state index in [4.69, 9.17) is 5.26 Å². The fourth-order valence-corrected chi connectivity index (χ4v) is 3.15. The Morgan fingerprint density at radius 3 is 2.30 bits per heavy atom. The van der Waals surface area contributed by atoms with Gasteiger partial charge >= 0.3 is 0 Å². The van der Waals surface area contributed by atoms with E-state index in [1.54, 1.807) is 0 Å². The second-order valence-corrected chi connectivity index (χ2v) is 6.16. The fraction of sp³-hybridized carbons (Fsp3) is 0.611. The minimum absolute atomic E-state index is 0.367.